The summed E-state index contributed by atoms with van der Waals surface area (Å²) in [7, 11) is 0. The van der Waals surface area contributed by atoms with Crippen molar-refractivity contribution in [2.45, 2.75) is 19.8 Å². The Morgan fingerprint density at radius 3 is 3.00 bits per heavy atom. The number of hydrogen-bond donors (Lipinski definition) is 0. The Balaban J connectivity index is 2.32. The Morgan fingerprint density at radius 1 is 1.46 bits per heavy atom. The first-order valence-corrected chi connectivity index (χ1v) is 4.94. The molecule has 1 nitrogen and oxygen atoms in total. The van der Waals surface area contributed by atoms with Gasteiger partial charge in [-0.1, -0.05) is 24.6 Å². The predicted octanol–water partition coefficient (Wildman–Crippen LogP) is 3.11. The summed E-state index contributed by atoms with van der Waals surface area (Å²) in [6.07, 6.45) is 1.94. The monoisotopic (exact) mass is 197 g/mol. The average Bonchev–Trinajstić information content (AvgIpc) is 2.15. The number of halogens is 1. The molecule has 0 N–H and O–H groups in total. The van der Waals surface area contributed by atoms with E-state index in [1.165, 1.54) is 0 Å². The highest BCUT2D eigenvalue weighted by atomic mass is 35.5. The molecule has 0 aliphatic rings. The number of rotatable bonds is 5. The van der Waals surface area contributed by atoms with Crippen LogP contribution in [-0.4, -0.2) is 13.2 Å². The van der Waals surface area contributed by atoms with Crippen molar-refractivity contribution in [1.82, 2.24) is 0 Å². The summed E-state index contributed by atoms with van der Waals surface area (Å²) < 4.78 is 5.37. The molecule has 0 saturated carbocycles. The van der Waals surface area contributed by atoms with Crippen molar-refractivity contribution < 1.29 is 4.74 Å². The van der Waals surface area contributed by atoms with Gasteiger partial charge in [-0.3, -0.25) is 0 Å². The summed E-state index contributed by atoms with van der Waals surface area (Å²) in [6.45, 7) is 3.67. The molecule has 0 unspecified atom stereocenters. The molecule has 0 aliphatic carbocycles. The van der Waals surface area contributed by atoms with Crippen LogP contribution in [-0.2, 0) is 11.2 Å². The molecule has 2 heteroatoms. The summed E-state index contributed by atoms with van der Waals surface area (Å²) in [5.41, 5.74) is 1.11. The van der Waals surface area contributed by atoms with Gasteiger partial charge < -0.3 is 4.74 Å². The van der Waals surface area contributed by atoms with Crippen molar-refractivity contribution in [2.24, 2.45) is 0 Å². The van der Waals surface area contributed by atoms with Gasteiger partial charge in [0.25, 0.3) is 0 Å². The van der Waals surface area contributed by atoms with E-state index in [-0.39, 0.29) is 0 Å². The van der Waals surface area contributed by atoms with Gasteiger partial charge in [0.2, 0.25) is 0 Å². The molecule has 71 valence electrons. The van der Waals surface area contributed by atoms with Gasteiger partial charge >= 0.3 is 0 Å². The molecule has 0 aromatic heterocycles. The van der Waals surface area contributed by atoms with E-state index in [0.29, 0.717) is 0 Å². The van der Waals surface area contributed by atoms with E-state index in [4.69, 9.17) is 16.3 Å². The zero-order valence-electron chi connectivity index (χ0n) is 7.85. The SMILES string of the molecule is CCCOCCc1c[c]ccc1Cl. The summed E-state index contributed by atoms with van der Waals surface area (Å²) >= 11 is 5.96. The fraction of sp³-hybridized carbons (Fsp3) is 0.455. The van der Waals surface area contributed by atoms with Gasteiger partial charge in [0, 0.05) is 11.6 Å². The third-order valence-corrected chi connectivity index (χ3v) is 2.12. The summed E-state index contributed by atoms with van der Waals surface area (Å²) in [5.74, 6) is 0. The van der Waals surface area contributed by atoms with E-state index in [1.54, 1.807) is 0 Å². The Labute approximate surface area is 84.7 Å². The molecule has 0 heterocycles. The minimum atomic E-state index is 0.741. The topological polar surface area (TPSA) is 9.23 Å². The maximum Gasteiger partial charge on any atom is 0.0506 e. The van der Waals surface area contributed by atoms with Gasteiger partial charge in [-0.15, -0.1) is 0 Å². The lowest BCUT2D eigenvalue weighted by atomic mass is 10.2. The molecular formula is C11H14ClO. The van der Waals surface area contributed by atoms with E-state index in [2.05, 4.69) is 13.0 Å². The summed E-state index contributed by atoms with van der Waals surface area (Å²) in [5, 5.41) is 0.804. The third kappa shape index (κ3) is 3.79. The number of ether oxygens (including phenoxy) is 1. The molecule has 0 amide bonds. The normalized spacial score (nSPS) is 10.3. The molecule has 0 spiro atoms. The number of benzene rings is 1. The fourth-order valence-electron chi connectivity index (χ4n) is 1.07. The van der Waals surface area contributed by atoms with Gasteiger partial charge in [0.05, 0.1) is 6.61 Å². The van der Waals surface area contributed by atoms with Gasteiger partial charge in [-0.2, -0.15) is 0 Å². The van der Waals surface area contributed by atoms with Crippen LogP contribution in [0.2, 0.25) is 5.02 Å². The Hall–Kier alpha value is -0.530. The van der Waals surface area contributed by atoms with Crippen LogP contribution < -0.4 is 0 Å². The van der Waals surface area contributed by atoms with E-state index in [0.717, 1.165) is 36.6 Å². The van der Waals surface area contributed by atoms with Crippen molar-refractivity contribution in [3.05, 3.63) is 34.9 Å². The lowest BCUT2D eigenvalue weighted by Crippen LogP contribution is -1.99. The quantitative estimate of drug-likeness (QED) is 0.660. The summed E-state index contributed by atoms with van der Waals surface area (Å²) in [4.78, 5) is 0. The molecule has 0 atom stereocenters. The Kier molecular flexibility index (Phi) is 4.87. The Bertz CT molecular complexity index is 248. The third-order valence-electron chi connectivity index (χ3n) is 1.75. The van der Waals surface area contributed by atoms with Crippen LogP contribution in [0.5, 0.6) is 0 Å². The first kappa shape index (κ1) is 10.6. The van der Waals surface area contributed by atoms with Crippen molar-refractivity contribution in [3.63, 3.8) is 0 Å². The minimum absolute atomic E-state index is 0.741. The van der Waals surface area contributed by atoms with Gasteiger partial charge in [0.1, 0.15) is 0 Å². The largest absolute Gasteiger partial charge is 0.381 e. The Morgan fingerprint density at radius 2 is 2.31 bits per heavy atom. The van der Waals surface area contributed by atoms with E-state index in [9.17, 15) is 0 Å². The van der Waals surface area contributed by atoms with E-state index < -0.39 is 0 Å². The van der Waals surface area contributed by atoms with E-state index in [1.807, 2.05) is 18.2 Å². The molecule has 1 aromatic rings. The molecule has 1 radical (unpaired) electrons. The zero-order chi connectivity index (χ0) is 9.52. The molecule has 0 fully saturated rings. The molecule has 0 saturated heterocycles. The minimum Gasteiger partial charge on any atom is -0.381 e. The van der Waals surface area contributed by atoms with Crippen molar-refractivity contribution in [1.29, 1.82) is 0 Å². The van der Waals surface area contributed by atoms with Crippen LogP contribution in [0.15, 0.2) is 18.2 Å². The van der Waals surface area contributed by atoms with Crippen molar-refractivity contribution in [2.75, 3.05) is 13.2 Å². The smallest absolute Gasteiger partial charge is 0.0506 e. The van der Waals surface area contributed by atoms with Crippen LogP contribution in [0.4, 0.5) is 0 Å². The molecule has 1 rings (SSSR count). The van der Waals surface area contributed by atoms with Gasteiger partial charge in [-0.25, -0.2) is 0 Å². The zero-order valence-corrected chi connectivity index (χ0v) is 8.60. The van der Waals surface area contributed by atoms with Gasteiger partial charge in [-0.05, 0) is 36.6 Å². The van der Waals surface area contributed by atoms with Crippen LogP contribution in [0.1, 0.15) is 18.9 Å². The van der Waals surface area contributed by atoms with Crippen LogP contribution in [0.3, 0.4) is 0 Å². The van der Waals surface area contributed by atoms with Crippen LogP contribution in [0.25, 0.3) is 0 Å². The maximum atomic E-state index is 5.96. The van der Waals surface area contributed by atoms with Gasteiger partial charge in [0.15, 0.2) is 0 Å². The lowest BCUT2D eigenvalue weighted by Gasteiger charge is -2.04. The second-order valence-corrected chi connectivity index (χ2v) is 3.29. The highest BCUT2D eigenvalue weighted by molar-refractivity contribution is 6.31. The number of hydrogen-bond acceptors (Lipinski definition) is 1. The summed E-state index contributed by atoms with van der Waals surface area (Å²) in [6, 6.07) is 8.59. The molecule has 1 aromatic carbocycles. The molecule has 0 aliphatic heterocycles. The van der Waals surface area contributed by atoms with Crippen LogP contribution in [0, 0.1) is 6.07 Å². The highest BCUT2D eigenvalue weighted by Crippen LogP contribution is 2.14. The molecule has 13 heavy (non-hydrogen) atoms. The van der Waals surface area contributed by atoms with Crippen molar-refractivity contribution >= 4 is 11.6 Å². The van der Waals surface area contributed by atoms with Crippen LogP contribution >= 0.6 is 11.6 Å². The highest BCUT2D eigenvalue weighted by Gasteiger charge is 1.97. The molecule has 0 bridgehead atoms. The fourth-order valence-corrected chi connectivity index (χ4v) is 1.28. The maximum absolute atomic E-state index is 5.96. The average molecular weight is 198 g/mol. The predicted molar refractivity (Wildman–Crippen MR) is 55.1 cm³/mol. The first-order chi connectivity index (χ1) is 6.34. The standard InChI is InChI=1S/C11H14ClO/c1-2-8-13-9-7-10-5-3-4-6-11(10)12/h4-6H,2,7-9H2,1H3. The second-order valence-electron chi connectivity index (χ2n) is 2.88. The van der Waals surface area contributed by atoms with Crippen molar-refractivity contribution in [3.8, 4) is 0 Å². The lowest BCUT2D eigenvalue weighted by molar-refractivity contribution is 0.138. The first-order valence-electron chi connectivity index (χ1n) is 4.57. The van der Waals surface area contributed by atoms with E-state index >= 15 is 0 Å². The second kappa shape index (κ2) is 6.01. The molecular weight excluding hydrogens is 184 g/mol.